The van der Waals surface area contributed by atoms with Crippen LogP contribution in [0.2, 0.25) is 0 Å². The summed E-state index contributed by atoms with van der Waals surface area (Å²) in [5.41, 5.74) is 1.31. The highest BCUT2D eigenvalue weighted by molar-refractivity contribution is 5.28. The summed E-state index contributed by atoms with van der Waals surface area (Å²) in [5.74, 6) is 1.38. The zero-order valence-corrected chi connectivity index (χ0v) is 14.6. The van der Waals surface area contributed by atoms with Gasteiger partial charge < -0.3 is 19.9 Å². The van der Waals surface area contributed by atoms with Crippen LogP contribution in [0.4, 0.5) is 0 Å². The summed E-state index contributed by atoms with van der Waals surface area (Å²) in [7, 11) is 0. The van der Waals surface area contributed by atoms with E-state index in [2.05, 4.69) is 52.1 Å². The maximum atomic E-state index is 9.78. The molecule has 0 spiro atoms. The standard InChI is InChI=1S/C18H31NO3/c1-14(2)15-6-8-17(9-7-15)22-11-10-21-13-16(20)12-19-18(3,4)5/h6-9,14,16,19-20H,10-13H2,1-5H3. The average Bonchev–Trinajstić information content (AvgIpc) is 2.44. The van der Waals surface area contributed by atoms with Gasteiger partial charge in [-0.25, -0.2) is 0 Å². The van der Waals surface area contributed by atoms with E-state index in [1.807, 2.05) is 12.1 Å². The van der Waals surface area contributed by atoms with E-state index in [0.29, 0.717) is 32.3 Å². The van der Waals surface area contributed by atoms with Crippen molar-refractivity contribution in [3.05, 3.63) is 29.8 Å². The summed E-state index contributed by atoms with van der Waals surface area (Å²) in [4.78, 5) is 0. The van der Waals surface area contributed by atoms with Crippen molar-refractivity contribution in [1.82, 2.24) is 5.32 Å². The van der Waals surface area contributed by atoms with E-state index < -0.39 is 6.10 Å². The highest BCUT2D eigenvalue weighted by Crippen LogP contribution is 2.18. The van der Waals surface area contributed by atoms with Crippen molar-refractivity contribution in [2.75, 3.05) is 26.4 Å². The molecule has 0 aliphatic rings. The van der Waals surface area contributed by atoms with E-state index in [9.17, 15) is 5.11 Å². The van der Waals surface area contributed by atoms with Crippen LogP contribution in [0, 0.1) is 0 Å². The van der Waals surface area contributed by atoms with Gasteiger partial charge in [0, 0.05) is 12.1 Å². The number of benzene rings is 1. The van der Waals surface area contributed by atoms with E-state index in [1.165, 1.54) is 5.56 Å². The summed E-state index contributed by atoms with van der Waals surface area (Å²) in [6.45, 7) is 12.3. The molecule has 1 aromatic rings. The second kappa shape index (κ2) is 9.13. The van der Waals surface area contributed by atoms with Crippen molar-refractivity contribution in [3.8, 4) is 5.75 Å². The first-order chi connectivity index (χ1) is 10.3. The molecule has 1 aromatic carbocycles. The maximum absolute atomic E-state index is 9.78. The minimum Gasteiger partial charge on any atom is -0.491 e. The van der Waals surface area contributed by atoms with Crippen LogP contribution < -0.4 is 10.1 Å². The fourth-order valence-corrected chi connectivity index (χ4v) is 1.87. The Morgan fingerprint density at radius 3 is 2.27 bits per heavy atom. The molecule has 0 heterocycles. The number of aliphatic hydroxyl groups is 1. The Kier molecular flexibility index (Phi) is 7.87. The molecule has 22 heavy (non-hydrogen) atoms. The molecule has 0 aromatic heterocycles. The maximum Gasteiger partial charge on any atom is 0.119 e. The second-order valence-electron chi connectivity index (χ2n) is 6.93. The van der Waals surface area contributed by atoms with Gasteiger partial charge in [-0.2, -0.15) is 0 Å². The van der Waals surface area contributed by atoms with Gasteiger partial charge in [0.1, 0.15) is 12.4 Å². The van der Waals surface area contributed by atoms with Crippen molar-refractivity contribution in [1.29, 1.82) is 0 Å². The predicted molar refractivity (Wildman–Crippen MR) is 90.6 cm³/mol. The molecule has 0 radical (unpaired) electrons. The van der Waals surface area contributed by atoms with Crippen molar-refractivity contribution in [2.24, 2.45) is 0 Å². The number of hydrogen-bond donors (Lipinski definition) is 2. The molecular weight excluding hydrogens is 278 g/mol. The third-order valence-corrected chi connectivity index (χ3v) is 3.22. The minimum atomic E-state index is -0.496. The first-order valence-electron chi connectivity index (χ1n) is 8.01. The lowest BCUT2D eigenvalue weighted by molar-refractivity contribution is 0.0227. The summed E-state index contributed by atoms with van der Waals surface area (Å²) < 4.78 is 11.0. The van der Waals surface area contributed by atoms with E-state index in [4.69, 9.17) is 9.47 Å². The normalized spacial score (nSPS) is 13.4. The van der Waals surface area contributed by atoms with Crippen LogP contribution in [-0.4, -0.2) is 43.1 Å². The van der Waals surface area contributed by atoms with Crippen LogP contribution in [-0.2, 0) is 4.74 Å². The Morgan fingerprint density at radius 1 is 1.09 bits per heavy atom. The fraction of sp³-hybridized carbons (Fsp3) is 0.667. The summed E-state index contributed by atoms with van der Waals surface area (Å²) in [5, 5.41) is 13.0. The van der Waals surface area contributed by atoms with Crippen LogP contribution in [0.15, 0.2) is 24.3 Å². The lowest BCUT2D eigenvalue weighted by atomic mass is 10.0. The summed E-state index contributed by atoms with van der Waals surface area (Å²) >= 11 is 0. The second-order valence-corrected chi connectivity index (χ2v) is 6.93. The molecule has 2 N–H and O–H groups in total. The number of rotatable bonds is 9. The van der Waals surface area contributed by atoms with Crippen LogP contribution in [0.1, 0.15) is 46.1 Å². The van der Waals surface area contributed by atoms with Crippen LogP contribution in [0.25, 0.3) is 0 Å². The highest BCUT2D eigenvalue weighted by atomic mass is 16.5. The average molecular weight is 309 g/mol. The van der Waals surface area contributed by atoms with E-state index in [-0.39, 0.29) is 5.54 Å². The topological polar surface area (TPSA) is 50.7 Å². The van der Waals surface area contributed by atoms with Crippen molar-refractivity contribution in [3.63, 3.8) is 0 Å². The largest absolute Gasteiger partial charge is 0.491 e. The molecule has 0 saturated carbocycles. The molecule has 0 aliphatic heterocycles. The molecule has 4 nitrogen and oxygen atoms in total. The molecule has 0 amide bonds. The van der Waals surface area contributed by atoms with Gasteiger partial charge in [0.15, 0.2) is 0 Å². The minimum absolute atomic E-state index is 0.00619. The third kappa shape index (κ3) is 8.37. The first kappa shape index (κ1) is 18.9. The number of β-amino-alcohol motifs (C(OH)–C–C–N with tert-alkyl or cyclic N) is 1. The molecular formula is C18H31NO3. The third-order valence-electron chi connectivity index (χ3n) is 3.22. The van der Waals surface area contributed by atoms with Crippen LogP contribution in [0.3, 0.4) is 0 Å². The van der Waals surface area contributed by atoms with Gasteiger partial charge in [0.2, 0.25) is 0 Å². The zero-order valence-electron chi connectivity index (χ0n) is 14.6. The molecule has 1 rings (SSSR count). The Balaban J connectivity index is 2.12. The Hall–Kier alpha value is -1.10. The summed E-state index contributed by atoms with van der Waals surface area (Å²) in [6, 6.07) is 8.14. The summed E-state index contributed by atoms with van der Waals surface area (Å²) in [6.07, 6.45) is -0.496. The molecule has 1 atom stereocenters. The van der Waals surface area contributed by atoms with Gasteiger partial charge >= 0.3 is 0 Å². The Morgan fingerprint density at radius 2 is 1.73 bits per heavy atom. The lowest BCUT2D eigenvalue weighted by Gasteiger charge is -2.22. The number of nitrogens with one attached hydrogen (secondary N) is 1. The number of aliphatic hydroxyl groups excluding tert-OH is 1. The van der Waals surface area contributed by atoms with Gasteiger partial charge in [-0.05, 0) is 44.4 Å². The van der Waals surface area contributed by atoms with Gasteiger partial charge in [0.25, 0.3) is 0 Å². The Bertz CT molecular complexity index is 409. The van der Waals surface area contributed by atoms with Crippen molar-refractivity contribution < 1.29 is 14.6 Å². The van der Waals surface area contributed by atoms with E-state index >= 15 is 0 Å². The molecule has 0 bridgehead atoms. The van der Waals surface area contributed by atoms with Crippen LogP contribution >= 0.6 is 0 Å². The quantitative estimate of drug-likeness (QED) is 0.689. The number of ether oxygens (including phenoxy) is 2. The Labute approximate surface area is 134 Å². The SMILES string of the molecule is CC(C)c1ccc(OCCOCC(O)CNC(C)(C)C)cc1. The molecule has 1 unspecified atom stereocenters. The van der Waals surface area contributed by atoms with Gasteiger partial charge in [0.05, 0.1) is 19.3 Å². The smallest absolute Gasteiger partial charge is 0.119 e. The molecule has 0 fully saturated rings. The lowest BCUT2D eigenvalue weighted by Crippen LogP contribution is -2.42. The zero-order chi connectivity index (χ0) is 16.6. The van der Waals surface area contributed by atoms with Crippen LogP contribution in [0.5, 0.6) is 5.75 Å². The van der Waals surface area contributed by atoms with Gasteiger partial charge in [-0.15, -0.1) is 0 Å². The predicted octanol–water partition coefficient (Wildman–Crippen LogP) is 2.95. The molecule has 0 saturated heterocycles. The molecule has 4 heteroatoms. The molecule has 126 valence electrons. The number of hydrogen-bond acceptors (Lipinski definition) is 4. The highest BCUT2D eigenvalue weighted by Gasteiger charge is 2.12. The van der Waals surface area contributed by atoms with Gasteiger partial charge in [-0.3, -0.25) is 0 Å². The fourth-order valence-electron chi connectivity index (χ4n) is 1.87. The van der Waals surface area contributed by atoms with E-state index in [0.717, 1.165) is 5.75 Å². The van der Waals surface area contributed by atoms with Crippen molar-refractivity contribution >= 4 is 0 Å². The molecule has 0 aliphatic carbocycles. The van der Waals surface area contributed by atoms with Crippen molar-refractivity contribution in [2.45, 2.75) is 52.2 Å². The first-order valence-corrected chi connectivity index (χ1v) is 8.01. The van der Waals surface area contributed by atoms with E-state index in [1.54, 1.807) is 0 Å². The van der Waals surface area contributed by atoms with Gasteiger partial charge in [-0.1, -0.05) is 26.0 Å². The monoisotopic (exact) mass is 309 g/mol.